The Balaban J connectivity index is 3.07. The summed E-state index contributed by atoms with van der Waals surface area (Å²) < 4.78 is 39.9. The van der Waals surface area contributed by atoms with Gasteiger partial charge in [0.05, 0.1) is 17.3 Å². The zero-order valence-corrected chi connectivity index (χ0v) is 9.17. The Morgan fingerprint density at radius 2 is 2.00 bits per heavy atom. The van der Waals surface area contributed by atoms with Crippen molar-refractivity contribution in [3.05, 3.63) is 39.9 Å². The summed E-state index contributed by atoms with van der Waals surface area (Å²) in [6.07, 6.45) is -2.01. The molecule has 2 aromatic heterocycles. The summed E-state index contributed by atoms with van der Waals surface area (Å²) in [5, 5.41) is -0.00731. The van der Waals surface area contributed by atoms with Crippen molar-refractivity contribution < 1.29 is 13.2 Å². The molecule has 0 atom stereocenters. The maximum atomic E-state index is 12.9. The van der Waals surface area contributed by atoms with E-state index in [1.165, 1.54) is 37.0 Å². The van der Waals surface area contributed by atoms with Crippen LogP contribution >= 0.6 is 0 Å². The van der Waals surface area contributed by atoms with Gasteiger partial charge in [-0.2, -0.15) is 13.2 Å². The highest BCUT2D eigenvalue weighted by Crippen LogP contribution is 2.35. The zero-order chi connectivity index (χ0) is 12.8. The molecule has 2 heterocycles. The first-order valence-corrected chi connectivity index (χ1v) is 4.84. The van der Waals surface area contributed by atoms with E-state index in [1.807, 2.05) is 0 Å². The number of pyridine rings is 2. The van der Waals surface area contributed by atoms with E-state index < -0.39 is 17.3 Å². The predicted octanol–water partition coefficient (Wildman–Crippen LogP) is 2.26. The van der Waals surface area contributed by atoms with E-state index in [4.69, 9.17) is 0 Å². The Labute approximate surface area is 94.5 Å². The molecule has 0 aliphatic rings. The van der Waals surface area contributed by atoms with Crippen molar-refractivity contribution in [2.24, 2.45) is 7.05 Å². The van der Waals surface area contributed by atoms with Gasteiger partial charge in [0.2, 0.25) is 0 Å². The summed E-state index contributed by atoms with van der Waals surface area (Å²) >= 11 is 0. The number of aromatic nitrogens is 2. The molecular formula is C11H9F3N2O. The zero-order valence-electron chi connectivity index (χ0n) is 9.17. The molecule has 0 fully saturated rings. The summed E-state index contributed by atoms with van der Waals surface area (Å²) in [7, 11) is 1.43. The van der Waals surface area contributed by atoms with Gasteiger partial charge in [-0.15, -0.1) is 0 Å². The SMILES string of the molecule is Cc1c(C(F)(F)F)c2ccncc2n(C)c1=O. The molecule has 17 heavy (non-hydrogen) atoms. The number of alkyl halides is 3. The lowest BCUT2D eigenvalue weighted by molar-refractivity contribution is -0.136. The fourth-order valence-electron chi connectivity index (χ4n) is 1.90. The first-order chi connectivity index (χ1) is 7.84. The largest absolute Gasteiger partial charge is 0.417 e. The highest BCUT2D eigenvalue weighted by molar-refractivity contribution is 5.83. The van der Waals surface area contributed by atoms with E-state index in [9.17, 15) is 18.0 Å². The number of aryl methyl sites for hydroxylation is 1. The first kappa shape index (κ1) is 11.6. The molecular weight excluding hydrogens is 233 g/mol. The van der Waals surface area contributed by atoms with Crippen LogP contribution in [0.2, 0.25) is 0 Å². The fourth-order valence-corrected chi connectivity index (χ4v) is 1.90. The van der Waals surface area contributed by atoms with E-state index in [2.05, 4.69) is 4.98 Å². The topological polar surface area (TPSA) is 34.9 Å². The quantitative estimate of drug-likeness (QED) is 0.710. The van der Waals surface area contributed by atoms with Gasteiger partial charge in [-0.1, -0.05) is 0 Å². The molecule has 0 unspecified atom stereocenters. The van der Waals surface area contributed by atoms with E-state index in [0.717, 1.165) is 0 Å². The molecule has 90 valence electrons. The van der Waals surface area contributed by atoms with Crippen LogP contribution in [0.1, 0.15) is 11.1 Å². The molecule has 0 radical (unpaired) electrons. The first-order valence-electron chi connectivity index (χ1n) is 4.84. The lowest BCUT2D eigenvalue weighted by Gasteiger charge is -2.15. The van der Waals surface area contributed by atoms with Crippen LogP contribution in [-0.2, 0) is 13.2 Å². The monoisotopic (exact) mass is 242 g/mol. The number of hydrogen-bond donors (Lipinski definition) is 0. The van der Waals surface area contributed by atoms with Gasteiger partial charge < -0.3 is 4.57 Å². The standard InChI is InChI=1S/C11H9F3N2O/c1-6-9(11(12,13)14)7-3-4-15-5-8(7)16(2)10(6)17/h3-5H,1-2H3. The van der Waals surface area contributed by atoms with E-state index in [1.54, 1.807) is 0 Å². The van der Waals surface area contributed by atoms with Gasteiger partial charge in [0.25, 0.3) is 5.56 Å². The summed E-state index contributed by atoms with van der Waals surface area (Å²) in [6, 6.07) is 1.27. The third-order valence-corrected chi connectivity index (χ3v) is 2.71. The lowest BCUT2D eigenvalue weighted by atomic mass is 10.0. The van der Waals surface area contributed by atoms with Crippen LogP contribution in [0.25, 0.3) is 10.9 Å². The molecule has 0 saturated carbocycles. The van der Waals surface area contributed by atoms with Crippen LogP contribution in [0.15, 0.2) is 23.3 Å². The van der Waals surface area contributed by atoms with Gasteiger partial charge >= 0.3 is 6.18 Å². The molecule has 0 bridgehead atoms. The molecule has 6 heteroatoms. The van der Waals surface area contributed by atoms with Crippen LogP contribution in [0.4, 0.5) is 13.2 Å². The highest BCUT2D eigenvalue weighted by Gasteiger charge is 2.36. The van der Waals surface area contributed by atoms with Crippen molar-refractivity contribution >= 4 is 10.9 Å². The van der Waals surface area contributed by atoms with Crippen molar-refractivity contribution in [2.75, 3.05) is 0 Å². The molecule has 0 spiro atoms. The average molecular weight is 242 g/mol. The maximum absolute atomic E-state index is 12.9. The minimum Gasteiger partial charge on any atom is -0.310 e. The van der Waals surface area contributed by atoms with E-state index in [-0.39, 0.29) is 16.5 Å². The smallest absolute Gasteiger partial charge is 0.310 e. The average Bonchev–Trinajstić information content (AvgIpc) is 2.24. The Morgan fingerprint density at radius 1 is 1.35 bits per heavy atom. The molecule has 0 N–H and O–H groups in total. The molecule has 2 aromatic rings. The van der Waals surface area contributed by atoms with Crippen LogP contribution in [0.5, 0.6) is 0 Å². The molecule has 3 nitrogen and oxygen atoms in total. The summed E-state index contributed by atoms with van der Waals surface area (Å²) in [5.74, 6) is 0. The number of fused-ring (bicyclic) bond motifs is 1. The van der Waals surface area contributed by atoms with Gasteiger partial charge in [-0.05, 0) is 13.0 Å². The Kier molecular flexibility index (Phi) is 2.45. The van der Waals surface area contributed by atoms with Crippen molar-refractivity contribution in [1.82, 2.24) is 9.55 Å². The van der Waals surface area contributed by atoms with Gasteiger partial charge in [0.1, 0.15) is 0 Å². The molecule has 0 aliphatic carbocycles. The number of rotatable bonds is 0. The van der Waals surface area contributed by atoms with E-state index >= 15 is 0 Å². The molecule has 0 aromatic carbocycles. The number of hydrogen-bond acceptors (Lipinski definition) is 2. The third kappa shape index (κ3) is 1.69. The molecule has 2 rings (SSSR count). The fraction of sp³-hybridized carbons (Fsp3) is 0.273. The molecule has 0 aliphatic heterocycles. The van der Waals surface area contributed by atoms with Crippen LogP contribution in [-0.4, -0.2) is 9.55 Å². The normalized spacial score (nSPS) is 12.1. The van der Waals surface area contributed by atoms with Gasteiger partial charge in [0, 0.05) is 24.2 Å². The van der Waals surface area contributed by atoms with Crippen molar-refractivity contribution in [2.45, 2.75) is 13.1 Å². The van der Waals surface area contributed by atoms with Crippen molar-refractivity contribution in [1.29, 1.82) is 0 Å². The Hall–Kier alpha value is -1.85. The lowest BCUT2D eigenvalue weighted by Crippen LogP contribution is -2.25. The number of nitrogens with zero attached hydrogens (tertiary/aromatic N) is 2. The summed E-state index contributed by atoms with van der Waals surface area (Å²) in [4.78, 5) is 15.4. The van der Waals surface area contributed by atoms with Gasteiger partial charge in [-0.25, -0.2) is 0 Å². The van der Waals surface area contributed by atoms with Crippen LogP contribution < -0.4 is 5.56 Å². The second kappa shape index (κ2) is 3.58. The van der Waals surface area contributed by atoms with Crippen molar-refractivity contribution in [3.63, 3.8) is 0 Å². The van der Waals surface area contributed by atoms with Crippen molar-refractivity contribution in [3.8, 4) is 0 Å². The Bertz CT molecular complexity index is 643. The number of halogens is 3. The van der Waals surface area contributed by atoms with Crippen LogP contribution in [0.3, 0.4) is 0 Å². The predicted molar refractivity (Wildman–Crippen MR) is 56.7 cm³/mol. The Morgan fingerprint density at radius 3 is 2.59 bits per heavy atom. The van der Waals surface area contributed by atoms with E-state index in [0.29, 0.717) is 0 Å². The molecule has 0 saturated heterocycles. The summed E-state index contributed by atoms with van der Waals surface area (Å²) in [5.41, 5.74) is -1.65. The van der Waals surface area contributed by atoms with Gasteiger partial charge in [-0.3, -0.25) is 9.78 Å². The minimum absolute atomic E-state index is 0.00731. The second-order valence-corrected chi connectivity index (χ2v) is 3.75. The summed E-state index contributed by atoms with van der Waals surface area (Å²) in [6.45, 7) is 1.19. The highest BCUT2D eigenvalue weighted by atomic mass is 19.4. The van der Waals surface area contributed by atoms with Gasteiger partial charge in [0.15, 0.2) is 0 Å². The second-order valence-electron chi connectivity index (χ2n) is 3.75. The maximum Gasteiger partial charge on any atom is 0.417 e. The third-order valence-electron chi connectivity index (χ3n) is 2.71. The minimum atomic E-state index is -4.54. The molecule has 0 amide bonds. The van der Waals surface area contributed by atoms with Crippen LogP contribution in [0, 0.1) is 6.92 Å².